The maximum atomic E-state index is 14.9. The molecule has 0 saturated heterocycles. The van der Waals surface area contributed by atoms with Crippen molar-refractivity contribution in [3.63, 3.8) is 0 Å². The minimum absolute atomic E-state index is 0.105. The highest BCUT2D eigenvalue weighted by molar-refractivity contribution is 7.90. The second kappa shape index (κ2) is 8.07. The summed E-state index contributed by atoms with van der Waals surface area (Å²) < 4.78 is 43.9. The van der Waals surface area contributed by atoms with E-state index in [-0.39, 0.29) is 10.5 Å². The Morgan fingerprint density at radius 2 is 1.54 bits per heavy atom. The number of halogens is 1. The summed E-state index contributed by atoms with van der Waals surface area (Å²) in [5, 5.41) is 11.9. The van der Waals surface area contributed by atoms with Crippen LogP contribution in [0.3, 0.4) is 0 Å². The van der Waals surface area contributed by atoms with Crippen molar-refractivity contribution in [1.29, 1.82) is 0 Å². The molecule has 3 aromatic heterocycles. The van der Waals surface area contributed by atoms with Crippen LogP contribution in [-0.4, -0.2) is 27.0 Å². The quantitative estimate of drug-likeness (QED) is 0.352. The number of aromatic nitrogens is 4. The Kier molecular flexibility index (Phi) is 4.85. The third kappa shape index (κ3) is 3.62. The number of benzene rings is 3. The SMILES string of the molecule is O=S(=O)(c1ccccc1)n1ccc2cc(-c3cc(F)c4nnc(Nc5ccccc5)n4c3)ccc21. The van der Waals surface area contributed by atoms with Gasteiger partial charge >= 0.3 is 0 Å². The molecule has 7 nitrogen and oxygen atoms in total. The van der Waals surface area contributed by atoms with Crippen LogP contribution < -0.4 is 5.32 Å². The Morgan fingerprint density at radius 3 is 2.31 bits per heavy atom. The molecule has 0 saturated carbocycles. The molecule has 0 atom stereocenters. The summed E-state index contributed by atoms with van der Waals surface area (Å²) in [5.74, 6) is -0.131. The number of rotatable bonds is 5. The molecule has 172 valence electrons. The predicted molar refractivity (Wildman–Crippen MR) is 133 cm³/mol. The minimum atomic E-state index is -3.74. The van der Waals surface area contributed by atoms with Crippen LogP contribution in [0.15, 0.2) is 108 Å². The molecule has 0 aliphatic carbocycles. The zero-order chi connectivity index (χ0) is 24.0. The van der Waals surface area contributed by atoms with Crippen molar-refractivity contribution in [2.24, 2.45) is 0 Å². The van der Waals surface area contributed by atoms with E-state index in [9.17, 15) is 12.8 Å². The van der Waals surface area contributed by atoms with Crippen LogP contribution in [0.1, 0.15) is 0 Å². The molecule has 0 spiro atoms. The van der Waals surface area contributed by atoms with Crippen LogP contribution in [0.5, 0.6) is 0 Å². The smallest absolute Gasteiger partial charge is 0.268 e. The highest BCUT2D eigenvalue weighted by Crippen LogP contribution is 2.29. The second-order valence-electron chi connectivity index (χ2n) is 7.99. The molecule has 1 N–H and O–H groups in total. The topological polar surface area (TPSA) is 81.3 Å². The fourth-order valence-corrected chi connectivity index (χ4v) is 5.43. The highest BCUT2D eigenvalue weighted by Gasteiger charge is 2.19. The third-order valence-electron chi connectivity index (χ3n) is 5.78. The van der Waals surface area contributed by atoms with Gasteiger partial charge in [0, 0.05) is 29.0 Å². The largest absolute Gasteiger partial charge is 0.324 e. The first-order chi connectivity index (χ1) is 17.0. The van der Waals surface area contributed by atoms with Gasteiger partial charge < -0.3 is 5.32 Å². The molecule has 0 unspecified atom stereocenters. The van der Waals surface area contributed by atoms with Crippen molar-refractivity contribution in [3.8, 4) is 11.1 Å². The molecule has 3 heterocycles. The zero-order valence-corrected chi connectivity index (χ0v) is 19.0. The Bertz CT molecular complexity index is 1800. The summed E-state index contributed by atoms with van der Waals surface area (Å²) >= 11 is 0. The number of hydrogen-bond donors (Lipinski definition) is 1. The van der Waals surface area contributed by atoms with Gasteiger partial charge in [0.1, 0.15) is 0 Å². The minimum Gasteiger partial charge on any atom is -0.324 e. The average molecular weight is 484 g/mol. The van der Waals surface area contributed by atoms with Crippen molar-refractivity contribution >= 4 is 38.2 Å². The number of para-hydroxylation sites is 1. The lowest BCUT2D eigenvalue weighted by atomic mass is 10.1. The average Bonchev–Trinajstić information content (AvgIpc) is 3.50. The van der Waals surface area contributed by atoms with Gasteiger partial charge in [-0.3, -0.25) is 4.40 Å². The molecule has 0 amide bonds. The van der Waals surface area contributed by atoms with Crippen LogP contribution in [0.4, 0.5) is 16.0 Å². The van der Waals surface area contributed by atoms with Crippen LogP contribution in [0, 0.1) is 5.82 Å². The molecule has 0 fully saturated rings. The first-order valence-corrected chi connectivity index (χ1v) is 12.2. The molecule has 3 aromatic carbocycles. The van der Waals surface area contributed by atoms with E-state index in [4.69, 9.17) is 0 Å². The number of nitrogens with zero attached hydrogens (tertiary/aromatic N) is 4. The van der Waals surface area contributed by atoms with Crippen LogP contribution in [0.25, 0.3) is 27.7 Å². The van der Waals surface area contributed by atoms with E-state index in [1.807, 2.05) is 36.4 Å². The monoisotopic (exact) mass is 483 g/mol. The summed E-state index contributed by atoms with van der Waals surface area (Å²) in [6, 6.07) is 26.2. The predicted octanol–water partition coefficient (Wildman–Crippen LogP) is 5.47. The normalized spacial score (nSPS) is 11.8. The van der Waals surface area contributed by atoms with Gasteiger partial charge in [-0.1, -0.05) is 42.5 Å². The van der Waals surface area contributed by atoms with Crippen molar-refractivity contribution in [2.75, 3.05) is 5.32 Å². The zero-order valence-electron chi connectivity index (χ0n) is 18.2. The second-order valence-corrected chi connectivity index (χ2v) is 9.80. The summed E-state index contributed by atoms with van der Waals surface area (Å²) in [6.45, 7) is 0. The van der Waals surface area contributed by atoms with Gasteiger partial charge in [0.2, 0.25) is 5.95 Å². The van der Waals surface area contributed by atoms with E-state index >= 15 is 0 Å². The van der Waals surface area contributed by atoms with Gasteiger partial charge in [0.15, 0.2) is 11.5 Å². The Labute approximate surface area is 200 Å². The van der Waals surface area contributed by atoms with E-state index < -0.39 is 15.8 Å². The fraction of sp³-hybridized carbons (Fsp3) is 0. The maximum Gasteiger partial charge on any atom is 0.268 e. The third-order valence-corrected chi connectivity index (χ3v) is 7.48. The number of fused-ring (bicyclic) bond motifs is 2. The molecule has 0 aliphatic rings. The standard InChI is InChI=1S/C26H18FN5O2S/c27-23-16-20(17-31-25(23)29-30-26(31)28-21-7-3-1-4-8-21)18-11-12-24-19(15-18)13-14-32(24)35(33,34)22-9-5-2-6-10-22/h1-17H,(H,28,30). The van der Waals surface area contributed by atoms with Crippen molar-refractivity contribution in [3.05, 3.63) is 109 Å². The molecule has 0 radical (unpaired) electrons. The van der Waals surface area contributed by atoms with Crippen LogP contribution >= 0.6 is 0 Å². The van der Waals surface area contributed by atoms with Gasteiger partial charge in [-0.2, -0.15) is 0 Å². The fourth-order valence-electron chi connectivity index (χ4n) is 4.06. The number of anilines is 2. The molecular weight excluding hydrogens is 465 g/mol. The van der Waals surface area contributed by atoms with Crippen LogP contribution in [0.2, 0.25) is 0 Å². The Morgan fingerprint density at radius 1 is 0.800 bits per heavy atom. The van der Waals surface area contributed by atoms with Gasteiger partial charge in [-0.15, -0.1) is 10.2 Å². The van der Waals surface area contributed by atoms with Gasteiger partial charge in [-0.05, 0) is 54.1 Å². The molecule has 35 heavy (non-hydrogen) atoms. The van der Waals surface area contributed by atoms with E-state index in [1.54, 1.807) is 59.1 Å². The van der Waals surface area contributed by atoms with E-state index in [2.05, 4.69) is 15.5 Å². The van der Waals surface area contributed by atoms with E-state index in [1.165, 1.54) is 16.2 Å². The summed E-state index contributed by atoms with van der Waals surface area (Å²) in [7, 11) is -3.74. The molecule has 9 heteroatoms. The van der Waals surface area contributed by atoms with Gasteiger partial charge in [0.05, 0.1) is 10.4 Å². The maximum absolute atomic E-state index is 14.9. The van der Waals surface area contributed by atoms with E-state index in [0.29, 0.717) is 22.4 Å². The van der Waals surface area contributed by atoms with Crippen molar-refractivity contribution in [2.45, 2.75) is 4.90 Å². The van der Waals surface area contributed by atoms with Crippen molar-refractivity contribution in [1.82, 2.24) is 18.6 Å². The number of nitrogens with one attached hydrogen (secondary N) is 1. The van der Waals surface area contributed by atoms with Crippen molar-refractivity contribution < 1.29 is 12.8 Å². The number of pyridine rings is 1. The van der Waals surface area contributed by atoms with Crippen LogP contribution in [-0.2, 0) is 10.0 Å². The number of hydrogen-bond acceptors (Lipinski definition) is 5. The summed E-state index contributed by atoms with van der Waals surface area (Å²) in [5.41, 5.74) is 2.78. The molecule has 6 aromatic rings. The lowest BCUT2D eigenvalue weighted by Crippen LogP contribution is -2.11. The van der Waals surface area contributed by atoms with E-state index in [0.717, 1.165) is 11.3 Å². The Hall–Kier alpha value is -4.50. The first-order valence-electron chi connectivity index (χ1n) is 10.8. The van der Waals surface area contributed by atoms with Gasteiger partial charge in [0.25, 0.3) is 10.0 Å². The summed E-state index contributed by atoms with van der Waals surface area (Å²) in [4.78, 5) is 0.208. The molecule has 0 aliphatic heterocycles. The highest BCUT2D eigenvalue weighted by atomic mass is 32.2. The van der Waals surface area contributed by atoms with Gasteiger partial charge in [-0.25, -0.2) is 16.8 Å². The lowest BCUT2D eigenvalue weighted by molar-refractivity contribution is 0.589. The summed E-state index contributed by atoms with van der Waals surface area (Å²) in [6.07, 6.45) is 3.28. The lowest BCUT2D eigenvalue weighted by Gasteiger charge is -2.09. The molecule has 0 bridgehead atoms. The molecular formula is C26H18FN5O2S. The Balaban J connectivity index is 1.42. The molecule has 6 rings (SSSR count). The first kappa shape index (κ1) is 21.1.